The molecule has 0 aromatic heterocycles. The van der Waals surface area contributed by atoms with Crippen molar-refractivity contribution in [2.75, 3.05) is 6.61 Å². The number of rotatable bonds is 6. The Hall–Kier alpha value is -1.90. The summed E-state index contributed by atoms with van der Waals surface area (Å²) in [5.41, 5.74) is 0.306. The third-order valence-corrected chi connectivity index (χ3v) is 3.36. The van der Waals surface area contributed by atoms with Gasteiger partial charge in [-0.2, -0.15) is 0 Å². The molecule has 0 amide bonds. The van der Waals surface area contributed by atoms with Crippen LogP contribution in [0.4, 0.5) is 0 Å². The lowest BCUT2D eigenvalue weighted by Gasteiger charge is -2.26. The van der Waals surface area contributed by atoms with Gasteiger partial charge in [-0.3, -0.25) is 9.59 Å². The minimum Gasteiger partial charge on any atom is -0.465 e. The van der Waals surface area contributed by atoms with E-state index in [1.54, 1.807) is 13.8 Å². The monoisotopic (exact) mass is 260 g/mol. The van der Waals surface area contributed by atoms with Gasteiger partial charge in [-0.15, -0.1) is 0 Å². The maximum absolute atomic E-state index is 12.0. The second kappa shape index (κ2) is 6.32. The average Bonchev–Trinajstić information content (AvgIpc) is 2.38. The molecule has 19 heavy (non-hydrogen) atoms. The van der Waals surface area contributed by atoms with E-state index in [1.165, 1.54) is 6.92 Å². The molecular weight excluding hydrogens is 240 g/mol. The first-order chi connectivity index (χ1) is 8.92. The Morgan fingerprint density at radius 2 is 1.84 bits per heavy atom. The lowest BCUT2D eigenvalue weighted by molar-refractivity contribution is -0.155. The number of carbonyl (C=O) groups is 2. The van der Waals surface area contributed by atoms with Gasteiger partial charge >= 0.3 is 5.97 Å². The average molecular weight is 260 g/mol. The third-order valence-electron chi connectivity index (χ3n) is 3.36. The SMILES string of the molecule is C=C(Cc1ccccc1)C(C)(C(C)=O)C(=O)OCC. The summed E-state index contributed by atoms with van der Waals surface area (Å²) >= 11 is 0. The number of hydrogen-bond acceptors (Lipinski definition) is 3. The van der Waals surface area contributed by atoms with Crippen molar-refractivity contribution in [1.29, 1.82) is 0 Å². The standard InChI is InChI=1S/C16H20O3/c1-5-19-15(18)16(4,13(3)17)12(2)11-14-9-7-6-8-10-14/h6-10H,2,5,11H2,1,3-4H3. The number of ether oxygens (including phenoxy) is 1. The molecule has 3 heteroatoms. The molecular formula is C16H20O3. The molecule has 3 nitrogen and oxygen atoms in total. The Kier molecular flexibility index (Phi) is 5.04. The van der Waals surface area contributed by atoms with Crippen molar-refractivity contribution in [2.45, 2.75) is 27.2 Å². The van der Waals surface area contributed by atoms with Crippen LogP contribution in [0.15, 0.2) is 42.5 Å². The van der Waals surface area contributed by atoms with E-state index < -0.39 is 11.4 Å². The Morgan fingerprint density at radius 1 is 1.26 bits per heavy atom. The van der Waals surface area contributed by atoms with Crippen LogP contribution in [0.1, 0.15) is 26.3 Å². The fourth-order valence-corrected chi connectivity index (χ4v) is 1.83. The summed E-state index contributed by atoms with van der Waals surface area (Å²) in [5.74, 6) is -0.768. The van der Waals surface area contributed by atoms with Crippen molar-refractivity contribution < 1.29 is 14.3 Å². The number of ketones is 1. The van der Waals surface area contributed by atoms with Crippen molar-refractivity contribution in [3.05, 3.63) is 48.0 Å². The molecule has 0 spiro atoms. The molecule has 1 aromatic rings. The van der Waals surface area contributed by atoms with Crippen molar-refractivity contribution in [3.63, 3.8) is 0 Å². The zero-order chi connectivity index (χ0) is 14.5. The molecule has 0 bridgehead atoms. The highest BCUT2D eigenvalue weighted by molar-refractivity contribution is 6.05. The molecule has 0 saturated heterocycles. The quantitative estimate of drug-likeness (QED) is 0.448. The van der Waals surface area contributed by atoms with Crippen LogP contribution >= 0.6 is 0 Å². The third kappa shape index (κ3) is 3.31. The molecule has 0 saturated carbocycles. The van der Waals surface area contributed by atoms with Crippen LogP contribution in [0.25, 0.3) is 0 Å². The van der Waals surface area contributed by atoms with Crippen LogP contribution < -0.4 is 0 Å². The highest BCUT2D eigenvalue weighted by Crippen LogP contribution is 2.31. The Labute approximate surface area is 114 Å². The first-order valence-corrected chi connectivity index (χ1v) is 6.33. The predicted molar refractivity (Wildman–Crippen MR) is 74.7 cm³/mol. The molecule has 1 aromatic carbocycles. The molecule has 1 rings (SSSR count). The van der Waals surface area contributed by atoms with E-state index in [4.69, 9.17) is 4.74 Å². The number of esters is 1. The summed E-state index contributed by atoms with van der Waals surface area (Å²) in [4.78, 5) is 23.9. The molecule has 0 aliphatic carbocycles. The van der Waals surface area contributed by atoms with Gasteiger partial charge in [-0.05, 0) is 38.3 Å². The van der Waals surface area contributed by atoms with Gasteiger partial charge in [0.2, 0.25) is 0 Å². The Bertz CT molecular complexity index is 476. The molecule has 102 valence electrons. The van der Waals surface area contributed by atoms with Crippen LogP contribution in [-0.2, 0) is 20.7 Å². The van der Waals surface area contributed by atoms with E-state index in [0.29, 0.717) is 12.0 Å². The summed E-state index contributed by atoms with van der Waals surface area (Å²) in [6, 6.07) is 9.63. The largest absolute Gasteiger partial charge is 0.465 e. The fraction of sp³-hybridized carbons (Fsp3) is 0.375. The molecule has 0 N–H and O–H groups in total. The van der Waals surface area contributed by atoms with Gasteiger partial charge in [-0.25, -0.2) is 0 Å². The molecule has 0 radical (unpaired) electrons. The van der Waals surface area contributed by atoms with Crippen LogP contribution in [0.3, 0.4) is 0 Å². The van der Waals surface area contributed by atoms with E-state index in [1.807, 2.05) is 30.3 Å². The van der Waals surface area contributed by atoms with E-state index in [9.17, 15) is 9.59 Å². The number of benzene rings is 1. The van der Waals surface area contributed by atoms with Gasteiger partial charge in [0.05, 0.1) is 6.61 Å². The maximum atomic E-state index is 12.0. The zero-order valence-electron chi connectivity index (χ0n) is 11.7. The predicted octanol–water partition coefficient (Wildman–Crippen LogP) is 2.94. The molecule has 0 aliphatic heterocycles. The van der Waals surface area contributed by atoms with Crippen molar-refractivity contribution in [3.8, 4) is 0 Å². The lowest BCUT2D eigenvalue weighted by atomic mass is 9.77. The fourth-order valence-electron chi connectivity index (χ4n) is 1.83. The minimum atomic E-state index is -1.27. The summed E-state index contributed by atoms with van der Waals surface area (Å²) in [6.07, 6.45) is 0.482. The van der Waals surface area contributed by atoms with Crippen LogP contribution in [-0.4, -0.2) is 18.4 Å². The normalized spacial score (nSPS) is 13.4. The lowest BCUT2D eigenvalue weighted by Crippen LogP contribution is -2.38. The van der Waals surface area contributed by atoms with E-state index in [0.717, 1.165) is 5.56 Å². The van der Waals surface area contributed by atoms with Crippen molar-refractivity contribution >= 4 is 11.8 Å². The number of Topliss-reactive ketones (excluding diaryl/α,β-unsaturated/α-hetero) is 1. The van der Waals surface area contributed by atoms with Crippen LogP contribution in [0.2, 0.25) is 0 Å². The molecule has 0 aliphatic rings. The summed E-state index contributed by atoms with van der Waals surface area (Å²) in [7, 11) is 0. The summed E-state index contributed by atoms with van der Waals surface area (Å²) < 4.78 is 5.01. The smallest absolute Gasteiger partial charge is 0.323 e. The van der Waals surface area contributed by atoms with Gasteiger partial charge in [-0.1, -0.05) is 36.9 Å². The van der Waals surface area contributed by atoms with Crippen LogP contribution in [0, 0.1) is 5.41 Å². The van der Waals surface area contributed by atoms with E-state index >= 15 is 0 Å². The van der Waals surface area contributed by atoms with Gasteiger partial charge in [0.1, 0.15) is 5.41 Å². The van der Waals surface area contributed by atoms with E-state index in [-0.39, 0.29) is 12.4 Å². The molecule has 0 fully saturated rings. The second-order valence-corrected chi connectivity index (χ2v) is 4.67. The van der Waals surface area contributed by atoms with Gasteiger partial charge in [0, 0.05) is 0 Å². The zero-order valence-corrected chi connectivity index (χ0v) is 11.7. The maximum Gasteiger partial charge on any atom is 0.323 e. The first-order valence-electron chi connectivity index (χ1n) is 6.33. The molecule has 0 heterocycles. The Balaban J connectivity index is 2.97. The highest BCUT2D eigenvalue weighted by atomic mass is 16.5. The number of carbonyl (C=O) groups excluding carboxylic acids is 2. The topological polar surface area (TPSA) is 43.4 Å². The summed E-state index contributed by atoms with van der Waals surface area (Å²) in [6.45, 7) is 8.87. The molecule has 1 unspecified atom stereocenters. The Morgan fingerprint density at radius 3 is 2.32 bits per heavy atom. The van der Waals surface area contributed by atoms with E-state index in [2.05, 4.69) is 6.58 Å². The van der Waals surface area contributed by atoms with Gasteiger partial charge in [0.15, 0.2) is 5.78 Å². The van der Waals surface area contributed by atoms with Crippen molar-refractivity contribution in [1.82, 2.24) is 0 Å². The van der Waals surface area contributed by atoms with Crippen molar-refractivity contribution in [2.24, 2.45) is 5.41 Å². The second-order valence-electron chi connectivity index (χ2n) is 4.67. The number of hydrogen-bond donors (Lipinski definition) is 0. The van der Waals surface area contributed by atoms with Gasteiger partial charge < -0.3 is 4.74 Å². The van der Waals surface area contributed by atoms with Crippen LogP contribution in [0.5, 0.6) is 0 Å². The first kappa shape index (κ1) is 15.2. The molecule has 1 atom stereocenters. The minimum absolute atomic E-state index is 0.244. The summed E-state index contributed by atoms with van der Waals surface area (Å²) in [5, 5.41) is 0. The van der Waals surface area contributed by atoms with Gasteiger partial charge in [0.25, 0.3) is 0 Å². The highest BCUT2D eigenvalue weighted by Gasteiger charge is 2.42.